The number of hydrogen-bond acceptors (Lipinski definition) is 2. The number of amides is 1. The number of rotatable bonds is 8. The van der Waals surface area contributed by atoms with Crippen molar-refractivity contribution in [3.63, 3.8) is 0 Å². The van der Waals surface area contributed by atoms with E-state index in [1.54, 1.807) is 12.1 Å². The summed E-state index contributed by atoms with van der Waals surface area (Å²) in [5, 5.41) is 2.91. The number of carbonyl (C=O) groups is 1. The first-order valence-corrected chi connectivity index (χ1v) is 7.84. The van der Waals surface area contributed by atoms with Crippen molar-refractivity contribution in [3.05, 3.63) is 65.7 Å². The maximum absolute atomic E-state index is 12.1. The zero-order valence-corrected chi connectivity index (χ0v) is 13.0. The Labute approximate surface area is 132 Å². The molecule has 0 fully saturated rings. The molecule has 0 unspecified atom stereocenters. The zero-order chi connectivity index (χ0) is 15.6. The molecule has 0 aliphatic carbocycles. The molecule has 3 nitrogen and oxygen atoms in total. The van der Waals surface area contributed by atoms with Gasteiger partial charge in [-0.2, -0.15) is 0 Å². The van der Waals surface area contributed by atoms with Gasteiger partial charge in [-0.1, -0.05) is 50.1 Å². The number of ether oxygens (including phenoxy) is 1. The van der Waals surface area contributed by atoms with Crippen LogP contribution in [0.3, 0.4) is 0 Å². The minimum absolute atomic E-state index is 0.0682. The molecule has 0 bridgehead atoms. The van der Waals surface area contributed by atoms with Crippen LogP contribution in [0, 0.1) is 0 Å². The first kappa shape index (κ1) is 16.1. The van der Waals surface area contributed by atoms with E-state index in [4.69, 9.17) is 4.74 Å². The van der Waals surface area contributed by atoms with Crippen LogP contribution < -0.4 is 10.1 Å². The van der Waals surface area contributed by atoms with Crippen LogP contribution in [0.4, 0.5) is 0 Å². The molecule has 2 aromatic carbocycles. The molecule has 0 heterocycles. The molecule has 0 aromatic heterocycles. The van der Waals surface area contributed by atoms with Crippen LogP contribution in [0.2, 0.25) is 0 Å². The lowest BCUT2D eigenvalue weighted by molar-refractivity contribution is 0.0951. The number of hydrogen-bond donors (Lipinski definition) is 1. The summed E-state index contributed by atoms with van der Waals surface area (Å²) in [6, 6.07) is 17.2. The predicted molar refractivity (Wildman–Crippen MR) is 89.1 cm³/mol. The van der Waals surface area contributed by atoms with Crippen LogP contribution in [0.15, 0.2) is 54.6 Å². The van der Waals surface area contributed by atoms with Crippen LogP contribution in [0.5, 0.6) is 5.75 Å². The molecule has 1 amide bonds. The van der Waals surface area contributed by atoms with E-state index in [-0.39, 0.29) is 5.91 Å². The fraction of sp³-hybridized carbons (Fsp3) is 0.316. The highest BCUT2D eigenvalue weighted by atomic mass is 16.5. The standard InChI is InChI=1S/C19H23NO2/c1-2-3-7-14-22-18-12-10-17(11-13-18)19(21)20-15-16-8-5-4-6-9-16/h4-6,8-13H,2-3,7,14-15H2,1H3,(H,20,21). The smallest absolute Gasteiger partial charge is 0.251 e. The zero-order valence-electron chi connectivity index (χ0n) is 13.0. The highest BCUT2D eigenvalue weighted by Crippen LogP contribution is 2.13. The van der Waals surface area contributed by atoms with E-state index in [1.807, 2.05) is 42.5 Å². The summed E-state index contributed by atoms with van der Waals surface area (Å²) >= 11 is 0. The largest absolute Gasteiger partial charge is 0.494 e. The summed E-state index contributed by atoms with van der Waals surface area (Å²) in [6.07, 6.45) is 3.43. The second kappa shape index (κ2) is 8.88. The Bertz CT molecular complexity index is 564. The van der Waals surface area contributed by atoms with Crippen molar-refractivity contribution in [1.82, 2.24) is 5.32 Å². The van der Waals surface area contributed by atoms with Crippen LogP contribution in [0.1, 0.15) is 42.1 Å². The average molecular weight is 297 g/mol. The van der Waals surface area contributed by atoms with Gasteiger partial charge in [0.25, 0.3) is 5.91 Å². The Kier molecular flexibility index (Phi) is 6.49. The molecule has 0 spiro atoms. The van der Waals surface area contributed by atoms with Gasteiger partial charge in [0.1, 0.15) is 5.75 Å². The fourth-order valence-electron chi connectivity index (χ4n) is 2.12. The summed E-state index contributed by atoms with van der Waals surface area (Å²) in [7, 11) is 0. The molecule has 0 radical (unpaired) electrons. The minimum atomic E-state index is -0.0682. The predicted octanol–water partition coefficient (Wildman–Crippen LogP) is 4.19. The van der Waals surface area contributed by atoms with Crippen LogP contribution in [0.25, 0.3) is 0 Å². The minimum Gasteiger partial charge on any atom is -0.494 e. The second-order valence-electron chi connectivity index (χ2n) is 5.25. The molecule has 0 aliphatic heterocycles. The Morgan fingerprint density at radius 3 is 2.41 bits per heavy atom. The first-order valence-electron chi connectivity index (χ1n) is 7.84. The van der Waals surface area contributed by atoms with Gasteiger partial charge < -0.3 is 10.1 Å². The summed E-state index contributed by atoms with van der Waals surface area (Å²) in [5.41, 5.74) is 1.74. The van der Waals surface area contributed by atoms with Gasteiger partial charge in [0.2, 0.25) is 0 Å². The van der Waals surface area contributed by atoms with E-state index in [2.05, 4.69) is 12.2 Å². The summed E-state index contributed by atoms with van der Waals surface area (Å²) in [6.45, 7) is 3.44. The number of benzene rings is 2. The maximum atomic E-state index is 12.1. The third-order valence-corrected chi connectivity index (χ3v) is 3.43. The third-order valence-electron chi connectivity index (χ3n) is 3.43. The van der Waals surface area contributed by atoms with Crippen molar-refractivity contribution in [2.75, 3.05) is 6.61 Å². The molecular formula is C19H23NO2. The van der Waals surface area contributed by atoms with E-state index in [9.17, 15) is 4.79 Å². The van der Waals surface area contributed by atoms with E-state index in [1.165, 1.54) is 12.8 Å². The molecule has 0 atom stereocenters. The van der Waals surface area contributed by atoms with Crippen molar-refractivity contribution >= 4 is 5.91 Å². The van der Waals surface area contributed by atoms with Gasteiger partial charge in [0.15, 0.2) is 0 Å². The van der Waals surface area contributed by atoms with Crippen molar-refractivity contribution in [3.8, 4) is 5.75 Å². The van der Waals surface area contributed by atoms with Gasteiger partial charge in [0, 0.05) is 12.1 Å². The van der Waals surface area contributed by atoms with E-state index >= 15 is 0 Å². The lowest BCUT2D eigenvalue weighted by Gasteiger charge is -2.08. The SMILES string of the molecule is CCCCCOc1ccc(C(=O)NCc2ccccc2)cc1. The molecule has 3 heteroatoms. The molecule has 2 aromatic rings. The summed E-state index contributed by atoms with van der Waals surface area (Å²) < 4.78 is 5.64. The van der Waals surface area contributed by atoms with Crippen molar-refractivity contribution in [1.29, 1.82) is 0 Å². The van der Waals surface area contributed by atoms with Gasteiger partial charge in [-0.3, -0.25) is 4.79 Å². The molecule has 1 N–H and O–H groups in total. The first-order chi connectivity index (χ1) is 10.8. The van der Waals surface area contributed by atoms with Gasteiger partial charge in [0.05, 0.1) is 6.61 Å². The Balaban J connectivity index is 1.80. The lowest BCUT2D eigenvalue weighted by Crippen LogP contribution is -2.22. The monoisotopic (exact) mass is 297 g/mol. The van der Waals surface area contributed by atoms with Crippen molar-refractivity contribution < 1.29 is 9.53 Å². The van der Waals surface area contributed by atoms with E-state index in [0.29, 0.717) is 12.1 Å². The lowest BCUT2D eigenvalue weighted by atomic mass is 10.2. The number of carbonyl (C=O) groups excluding carboxylic acids is 1. The molecule has 0 saturated heterocycles. The fourth-order valence-corrected chi connectivity index (χ4v) is 2.12. The van der Waals surface area contributed by atoms with Gasteiger partial charge >= 0.3 is 0 Å². The normalized spacial score (nSPS) is 10.2. The Morgan fingerprint density at radius 1 is 1.00 bits per heavy atom. The molecule has 116 valence electrons. The van der Waals surface area contributed by atoms with Crippen LogP contribution >= 0.6 is 0 Å². The summed E-state index contributed by atoms with van der Waals surface area (Å²) in [4.78, 5) is 12.1. The molecule has 2 rings (SSSR count). The van der Waals surface area contributed by atoms with Crippen LogP contribution in [-0.4, -0.2) is 12.5 Å². The Hall–Kier alpha value is -2.29. The number of nitrogens with one attached hydrogen (secondary N) is 1. The third kappa shape index (κ3) is 5.24. The second-order valence-corrected chi connectivity index (χ2v) is 5.25. The van der Waals surface area contributed by atoms with Gasteiger partial charge in [-0.05, 0) is 36.2 Å². The molecule has 0 aliphatic rings. The number of unbranched alkanes of at least 4 members (excludes halogenated alkanes) is 2. The van der Waals surface area contributed by atoms with E-state index in [0.717, 1.165) is 24.3 Å². The van der Waals surface area contributed by atoms with Crippen molar-refractivity contribution in [2.24, 2.45) is 0 Å². The molecule has 0 saturated carbocycles. The highest BCUT2D eigenvalue weighted by Gasteiger charge is 2.05. The van der Waals surface area contributed by atoms with Gasteiger partial charge in [-0.25, -0.2) is 0 Å². The van der Waals surface area contributed by atoms with E-state index < -0.39 is 0 Å². The average Bonchev–Trinajstić information content (AvgIpc) is 2.58. The Morgan fingerprint density at radius 2 is 1.73 bits per heavy atom. The van der Waals surface area contributed by atoms with Crippen LogP contribution in [-0.2, 0) is 6.54 Å². The topological polar surface area (TPSA) is 38.3 Å². The highest BCUT2D eigenvalue weighted by molar-refractivity contribution is 5.94. The van der Waals surface area contributed by atoms with Gasteiger partial charge in [-0.15, -0.1) is 0 Å². The van der Waals surface area contributed by atoms with Crippen molar-refractivity contribution in [2.45, 2.75) is 32.7 Å². The quantitative estimate of drug-likeness (QED) is 0.742. The molecule has 22 heavy (non-hydrogen) atoms. The molecular weight excluding hydrogens is 274 g/mol. The maximum Gasteiger partial charge on any atom is 0.251 e. The summed E-state index contributed by atoms with van der Waals surface area (Å²) in [5.74, 6) is 0.747.